The quantitative estimate of drug-likeness (QED) is 0.863. The van der Waals surface area contributed by atoms with E-state index in [1.807, 2.05) is 22.7 Å². The van der Waals surface area contributed by atoms with Crippen molar-refractivity contribution in [2.45, 2.75) is 19.8 Å². The lowest BCUT2D eigenvalue weighted by Crippen LogP contribution is -2.22. The monoisotopic (exact) mass is 261 g/mol. The van der Waals surface area contributed by atoms with E-state index in [4.69, 9.17) is 0 Å². The molecule has 0 aliphatic rings. The topological polar surface area (TPSA) is 57.8 Å². The number of carboxylic acids is 1. The van der Waals surface area contributed by atoms with E-state index in [0.29, 0.717) is 5.52 Å². The van der Waals surface area contributed by atoms with E-state index in [1.54, 1.807) is 6.07 Å². The minimum atomic E-state index is -0.975. The fourth-order valence-corrected chi connectivity index (χ4v) is 2.22. The van der Waals surface area contributed by atoms with Gasteiger partial charge in [0.25, 0.3) is 0 Å². The highest BCUT2D eigenvalue weighted by atomic mass is 16.4. The van der Waals surface area contributed by atoms with Gasteiger partial charge in [-0.15, -0.1) is 0 Å². The summed E-state index contributed by atoms with van der Waals surface area (Å²) >= 11 is 0. The Kier molecular flexibility index (Phi) is 4.16. The third-order valence-electron chi connectivity index (χ3n) is 3.15. The number of aromatic carboxylic acids is 1. The standard InChI is InChI=1S/C14H19N3O2/c1-3-8-16(2)10-7-12-15-13(14(18)19)11-6-4-5-9-17(11)12/h4-6,9H,3,7-8,10H2,1-2H3,(H,18,19). The maximum absolute atomic E-state index is 11.2. The number of hydrogen-bond acceptors (Lipinski definition) is 3. The van der Waals surface area contributed by atoms with Gasteiger partial charge in [0.1, 0.15) is 5.82 Å². The van der Waals surface area contributed by atoms with Gasteiger partial charge >= 0.3 is 5.97 Å². The first-order chi connectivity index (χ1) is 9.13. The van der Waals surface area contributed by atoms with E-state index in [2.05, 4.69) is 23.9 Å². The molecule has 2 heterocycles. The molecule has 0 fully saturated rings. The van der Waals surface area contributed by atoms with Gasteiger partial charge < -0.3 is 14.4 Å². The van der Waals surface area contributed by atoms with Crippen LogP contribution in [0.3, 0.4) is 0 Å². The number of aromatic nitrogens is 2. The van der Waals surface area contributed by atoms with Crippen molar-refractivity contribution in [1.29, 1.82) is 0 Å². The molecule has 0 amide bonds. The molecule has 2 aromatic heterocycles. The Bertz CT molecular complexity index is 577. The molecule has 5 heteroatoms. The predicted molar refractivity (Wildman–Crippen MR) is 73.6 cm³/mol. The van der Waals surface area contributed by atoms with E-state index < -0.39 is 5.97 Å². The van der Waals surface area contributed by atoms with Crippen molar-refractivity contribution in [3.8, 4) is 0 Å². The molecule has 2 aromatic rings. The van der Waals surface area contributed by atoms with Crippen molar-refractivity contribution < 1.29 is 9.90 Å². The Balaban J connectivity index is 2.26. The smallest absolute Gasteiger partial charge is 0.356 e. The second-order valence-corrected chi connectivity index (χ2v) is 4.69. The molecule has 0 spiro atoms. The van der Waals surface area contributed by atoms with Gasteiger partial charge in [0.15, 0.2) is 5.69 Å². The number of imidazole rings is 1. The summed E-state index contributed by atoms with van der Waals surface area (Å²) in [5.74, 6) is -0.173. The maximum atomic E-state index is 11.2. The molecule has 0 saturated carbocycles. The first-order valence-corrected chi connectivity index (χ1v) is 6.51. The highest BCUT2D eigenvalue weighted by Gasteiger charge is 2.16. The molecule has 1 N–H and O–H groups in total. The summed E-state index contributed by atoms with van der Waals surface area (Å²) < 4.78 is 1.86. The lowest BCUT2D eigenvalue weighted by molar-refractivity contribution is 0.0693. The van der Waals surface area contributed by atoms with Gasteiger partial charge in [-0.05, 0) is 32.1 Å². The molecular weight excluding hydrogens is 242 g/mol. The van der Waals surface area contributed by atoms with E-state index in [0.717, 1.165) is 31.8 Å². The van der Waals surface area contributed by atoms with Crippen molar-refractivity contribution >= 4 is 11.5 Å². The summed E-state index contributed by atoms with van der Waals surface area (Å²) in [6.45, 7) is 4.06. The Hall–Kier alpha value is -1.88. The fourth-order valence-electron chi connectivity index (χ4n) is 2.22. The highest BCUT2D eigenvalue weighted by Crippen LogP contribution is 2.13. The SMILES string of the molecule is CCCN(C)CCc1nc(C(=O)O)c2ccccn12. The van der Waals surface area contributed by atoms with Crippen molar-refractivity contribution in [3.63, 3.8) is 0 Å². The summed E-state index contributed by atoms with van der Waals surface area (Å²) in [4.78, 5) is 17.7. The highest BCUT2D eigenvalue weighted by molar-refractivity contribution is 5.93. The number of likely N-dealkylation sites (N-methyl/N-ethyl adjacent to an activating group) is 1. The van der Waals surface area contributed by atoms with Crippen LogP contribution in [0.15, 0.2) is 24.4 Å². The van der Waals surface area contributed by atoms with Gasteiger partial charge in [0.2, 0.25) is 0 Å². The molecule has 0 aromatic carbocycles. The molecule has 2 rings (SSSR count). The van der Waals surface area contributed by atoms with E-state index in [-0.39, 0.29) is 5.69 Å². The summed E-state index contributed by atoms with van der Waals surface area (Å²) in [6.07, 6.45) is 3.72. The third kappa shape index (κ3) is 2.93. The van der Waals surface area contributed by atoms with Crippen molar-refractivity contribution in [1.82, 2.24) is 14.3 Å². The van der Waals surface area contributed by atoms with Gasteiger partial charge in [-0.25, -0.2) is 9.78 Å². The zero-order valence-electron chi connectivity index (χ0n) is 11.3. The third-order valence-corrected chi connectivity index (χ3v) is 3.15. The number of carbonyl (C=O) groups is 1. The van der Waals surface area contributed by atoms with Crippen LogP contribution in [0, 0.1) is 0 Å². The fraction of sp³-hybridized carbons (Fsp3) is 0.429. The molecular formula is C14H19N3O2. The molecule has 0 radical (unpaired) electrons. The zero-order valence-corrected chi connectivity index (χ0v) is 11.3. The van der Waals surface area contributed by atoms with Crippen LogP contribution in [0.2, 0.25) is 0 Å². The summed E-state index contributed by atoms with van der Waals surface area (Å²) in [5.41, 5.74) is 0.789. The van der Waals surface area contributed by atoms with Gasteiger partial charge in [0.05, 0.1) is 5.52 Å². The number of pyridine rings is 1. The molecule has 102 valence electrons. The molecule has 0 aliphatic heterocycles. The lowest BCUT2D eigenvalue weighted by Gasteiger charge is -2.14. The second-order valence-electron chi connectivity index (χ2n) is 4.69. The number of rotatable bonds is 6. The Morgan fingerprint density at radius 1 is 1.42 bits per heavy atom. The minimum Gasteiger partial charge on any atom is -0.476 e. The predicted octanol–water partition coefficient (Wildman–Crippen LogP) is 1.92. The number of nitrogens with zero attached hydrogens (tertiary/aromatic N) is 3. The van der Waals surface area contributed by atoms with E-state index >= 15 is 0 Å². The average molecular weight is 261 g/mol. The first kappa shape index (κ1) is 13.5. The average Bonchev–Trinajstić information content (AvgIpc) is 2.76. The van der Waals surface area contributed by atoms with Crippen molar-refractivity contribution in [3.05, 3.63) is 35.9 Å². The van der Waals surface area contributed by atoms with Crippen LogP contribution >= 0.6 is 0 Å². The molecule has 0 unspecified atom stereocenters. The Morgan fingerprint density at radius 2 is 2.21 bits per heavy atom. The Labute approximate surface area is 112 Å². The molecule has 5 nitrogen and oxygen atoms in total. The minimum absolute atomic E-state index is 0.133. The normalized spacial score (nSPS) is 11.3. The van der Waals surface area contributed by atoms with E-state index in [1.165, 1.54) is 0 Å². The van der Waals surface area contributed by atoms with Crippen LogP contribution in [0.4, 0.5) is 0 Å². The van der Waals surface area contributed by atoms with Crippen molar-refractivity contribution in [2.24, 2.45) is 0 Å². The maximum Gasteiger partial charge on any atom is 0.356 e. The second kappa shape index (κ2) is 5.84. The zero-order chi connectivity index (χ0) is 13.8. The first-order valence-electron chi connectivity index (χ1n) is 6.51. The summed E-state index contributed by atoms with van der Waals surface area (Å²) in [7, 11) is 2.07. The molecule has 0 saturated heterocycles. The largest absolute Gasteiger partial charge is 0.476 e. The molecule has 0 bridgehead atoms. The van der Waals surface area contributed by atoms with Crippen LogP contribution in [0.25, 0.3) is 5.52 Å². The van der Waals surface area contributed by atoms with Gasteiger partial charge in [-0.2, -0.15) is 0 Å². The van der Waals surface area contributed by atoms with Crippen LogP contribution < -0.4 is 0 Å². The molecule has 0 atom stereocenters. The van der Waals surface area contributed by atoms with Crippen LogP contribution in [0.1, 0.15) is 29.7 Å². The van der Waals surface area contributed by atoms with Gasteiger partial charge in [0, 0.05) is 19.2 Å². The lowest BCUT2D eigenvalue weighted by atomic mass is 10.3. The molecule has 0 aliphatic carbocycles. The van der Waals surface area contributed by atoms with Crippen LogP contribution in [-0.4, -0.2) is 45.5 Å². The summed E-state index contributed by atoms with van der Waals surface area (Å²) in [6, 6.07) is 5.51. The number of hydrogen-bond donors (Lipinski definition) is 1. The van der Waals surface area contributed by atoms with Crippen LogP contribution in [0.5, 0.6) is 0 Å². The van der Waals surface area contributed by atoms with Crippen LogP contribution in [-0.2, 0) is 6.42 Å². The van der Waals surface area contributed by atoms with Crippen molar-refractivity contribution in [2.75, 3.05) is 20.1 Å². The Morgan fingerprint density at radius 3 is 2.89 bits per heavy atom. The number of fused-ring (bicyclic) bond motifs is 1. The van der Waals surface area contributed by atoms with Gasteiger partial charge in [-0.1, -0.05) is 13.0 Å². The molecule has 19 heavy (non-hydrogen) atoms. The van der Waals surface area contributed by atoms with E-state index in [9.17, 15) is 9.90 Å². The number of carboxylic acid groups (broad SMARTS) is 1. The summed E-state index contributed by atoms with van der Waals surface area (Å²) in [5, 5.41) is 9.17. The van der Waals surface area contributed by atoms with Gasteiger partial charge in [-0.3, -0.25) is 0 Å².